The minimum absolute atomic E-state index is 0.0640. The predicted octanol–water partition coefficient (Wildman–Crippen LogP) is 1.65. The van der Waals surface area contributed by atoms with Crippen LogP contribution in [0.3, 0.4) is 0 Å². The van der Waals surface area contributed by atoms with Crippen LogP contribution in [-0.2, 0) is 29.7 Å². The van der Waals surface area contributed by atoms with Crippen LogP contribution in [0.4, 0.5) is 0 Å². The molecule has 0 saturated carbocycles. The Morgan fingerprint density at radius 3 is 2.18 bits per heavy atom. The van der Waals surface area contributed by atoms with Crippen molar-refractivity contribution in [1.29, 1.82) is 0 Å². The van der Waals surface area contributed by atoms with Gasteiger partial charge in [0.2, 0.25) is 17.1 Å². The molecule has 0 radical (unpaired) electrons. The highest BCUT2D eigenvalue weighted by Gasteiger charge is 2.74. The van der Waals surface area contributed by atoms with E-state index in [1.165, 1.54) is 0 Å². The molecule has 2 aromatic carbocycles. The highest BCUT2D eigenvalue weighted by atomic mass is 17.2. The van der Waals surface area contributed by atoms with Crippen molar-refractivity contribution >= 4 is 11.9 Å². The second-order valence-electron chi connectivity index (χ2n) is 7.00. The Kier molecular flexibility index (Phi) is 4.45. The zero-order valence-electron chi connectivity index (χ0n) is 15.4. The molecule has 2 heterocycles. The molecule has 0 unspecified atom stereocenters. The number of hydrogen-bond donors (Lipinski definition) is 2. The van der Waals surface area contributed by atoms with Crippen molar-refractivity contribution in [1.82, 2.24) is 5.32 Å². The van der Waals surface area contributed by atoms with E-state index in [4.69, 9.17) is 14.5 Å². The van der Waals surface area contributed by atoms with E-state index in [1.54, 1.807) is 6.92 Å². The second-order valence-corrected chi connectivity index (χ2v) is 7.00. The van der Waals surface area contributed by atoms with Crippen LogP contribution in [0.15, 0.2) is 60.7 Å². The van der Waals surface area contributed by atoms with E-state index in [1.807, 2.05) is 60.7 Å². The Bertz CT molecular complexity index is 847. The first-order valence-corrected chi connectivity index (χ1v) is 9.14. The Hall–Kier alpha value is -2.74. The van der Waals surface area contributed by atoms with Crippen LogP contribution in [0.1, 0.15) is 24.5 Å². The summed E-state index contributed by atoms with van der Waals surface area (Å²) in [6.45, 7) is 1.43. The SMILES string of the molecule is CCOC(=O)[C@@]12CC(c3ccccc3)(c3ccccc3)OO[C@@]1(O)CNC2=O. The summed E-state index contributed by atoms with van der Waals surface area (Å²) in [6.07, 6.45) is -0.171. The van der Waals surface area contributed by atoms with Crippen LogP contribution < -0.4 is 5.32 Å². The van der Waals surface area contributed by atoms with Gasteiger partial charge in [0.1, 0.15) is 0 Å². The topological polar surface area (TPSA) is 94.1 Å². The normalized spacial score (nSPS) is 28.3. The van der Waals surface area contributed by atoms with E-state index in [2.05, 4.69) is 5.32 Å². The number of carbonyl (C=O) groups excluding carboxylic acids is 2. The van der Waals surface area contributed by atoms with Gasteiger partial charge in [0.05, 0.1) is 13.2 Å². The summed E-state index contributed by atoms with van der Waals surface area (Å²) >= 11 is 0. The van der Waals surface area contributed by atoms with Crippen molar-refractivity contribution in [2.75, 3.05) is 13.2 Å². The molecule has 2 aliphatic rings. The maximum absolute atomic E-state index is 13.0. The van der Waals surface area contributed by atoms with Gasteiger partial charge >= 0.3 is 5.97 Å². The van der Waals surface area contributed by atoms with E-state index < -0.39 is 28.7 Å². The average molecular weight is 383 g/mol. The van der Waals surface area contributed by atoms with Gasteiger partial charge in [-0.1, -0.05) is 60.7 Å². The van der Waals surface area contributed by atoms with Crippen molar-refractivity contribution in [2.45, 2.75) is 24.7 Å². The maximum atomic E-state index is 13.0. The molecule has 2 aromatic rings. The van der Waals surface area contributed by atoms with Gasteiger partial charge in [0.15, 0.2) is 5.60 Å². The third kappa shape index (κ3) is 2.47. The van der Waals surface area contributed by atoms with E-state index in [9.17, 15) is 14.7 Å². The third-order valence-electron chi connectivity index (χ3n) is 5.48. The first-order chi connectivity index (χ1) is 13.5. The van der Waals surface area contributed by atoms with Crippen molar-refractivity contribution in [2.24, 2.45) is 5.41 Å². The van der Waals surface area contributed by atoms with Crippen LogP contribution in [0.2, 0.25) is 0 Å². The number of hydrogen-bond acceptors (Lipinski definition) is 6. The molecule has 2 fully saturated rings. The zero-order valence-corrected chi connectivity index (χ0v) is 15.4. The molecule has 2 saturated heterocycles. The van der Waals surface area contributed by atoms with Crippen molar-refractivity contribution in [3.63, 3.8) is 0 Å². The lowest BCUT2D eigenvalue weighted by molar-refractivity contribution is -0.497. The van der Waals surface area contributed by atoms with E-state index in [0.717, 1.165) is 0 Å². The third-order valence-corrected chi connectivity index (χ3v) is 5.48. The van der Waals surface area contributed by atoms with Crippen molar-refractivity contribution in [3.05, 3.63) is 71.8 Å². The highest BCUT2D eigenvalue weighted by Crippen LogP contribution is 2.55. The largest absolute Gasteiger partial charge is 0.465 e. The van der Waals surface area contributed by atoms with Crippen LogP contribution in [-0.4, -0.2) is 35.9 Å². The number of fused-ring (bicyclic) bond motifs is 1. The molecular formula is C21H21NO6. The van der Waals surface area contributed by atoms with Gasteiger partial charge in [-0.15, -0.1) is 0 Å². The number of esters is 1. The summed E-state index contributed by atoms with van der Waals surface area (Å²) in [5, 5.41) is 13.6. The van der Waals surface area contributed by atoms with Gasteiger partial charge in [0, 0.05) is 6.42 Å². The Morgan fingerprint density at radius 1 is 1.07 bits per heavy atom. The molecule has 0 spiro atoms. The predicted molar refractivity (Wildman–Crippen MR) is 97.5 cm³/mol. The fourth-order valence-electron chi connectivity index (χ4n) is 4.00. The number of carbonyl (C=O) groups is 2. The van der Waals surface area contributed by atoms with Crippen LogP contribution in [0, 0.1) is 5.41 Å². The Labute approximate surface area is 162 Å². The standard InChI is InChI=1S/C21H21NO6/c1-2-26-18(24)19-13-20(15-9-5-3-6-10-15,16-11-7-4-8-12-16)27-28-21(19,25)14-22-17(19)23/h3-12,25H,2,13-14H2,1H3,(H,22,23)/t19-,21-/m0/s1. The van der Waals surface area contributed by atoms with Gasteiger partial charge in [-0.05, 0) is 18.1 Å². The molecule has 1 amide bonds. The molecule has 0 aliphatic carbocycles. The first-order valence-electron chi connectivity index (χ1n) is 9.14. The Balaban J connectivity index is 1.92. The molecule has 0 bridgehead atoms. The molecule has 2 N–H and O–H groups in total. The monoisotopic (exact) mass is 383 g/mol. The van der Waals surface area contributed by atoms with Crippen molar-refractivity contribution in [3.8, 4) is 0 Å². The second kappa shape index (κ2) is 6.70. The van der Waals surface area contributed by atoms with E-state index in [-0.39, 0.29) is 19.6 Å². The number of amides is 1. The molecule has 4 rings (SSSR count). The summed E-state index contributed by atoms with van der Waals surface area (Å²) in [7, 11) is 0. The molecule has 7 nitrogen and oxygen atoms in total. The summed E-state index contributed by atoms with van der Waals surface area (Å²) in [4.78, 5) is 37.1. The zero-order chi connectivity index (χ0) is 19.8. The van der Waals surface area contributed by atoms with Gasteiger partial charge in [0.25, 0.3) is 0 Å². The van der Waals surface area contributed by atoms with Gasteiger partial charge in [-0.3, -0.25) is 9.59 Å². The smallest absolute Gasteiger partial charge is 0.327 e. The molecule has 28 heavy (non-hydrogen) atoms. The fraction of sp³-hybridized carbons (Fsp3) is 0.333. The minimum Gasteiger partial charge on any atom is -0.465 e. The first kappa shape index (κ1) is 18.6. The molecule has 2 aliphatic heterocycles. The summed E-state index contributed by atoms with van der Waals surface area (Å²) in [5.41, 5.74) is -1.88. The van der Waals surface area contributed by atoms with E-state index >= 15 is 0 Å². The minimum atomic E-state index is -2.16. The van der Waals surface area contributed by atoms with Crippen LogP contribution in [0.25, 0.3) is 0 Å². The molecule has 146 valence electrons. The number of ether oxygens (including phenoxy) is 1. The molecule has 2 atom stereocenters. The van der Waals surface area contributed by atoms with E-state index in [0.29, 0.717) is 11.1 Å². The Morgan fingerprint density at radius 2 is 1.64 bits per heavy atom. The van der Waals surface area contributed by atoms with Crippen LogP contribution >= 0.6 is 0 Å². The maximum Gasteiger partial charge on any atom is 0.327 e. The number of nitrogens with one attached hydrogen (secondary N) is 1. The van der Waals surface area contributed by atoms with Gasteiger partial charge < -0.3 is 15.2 Å². The van der Waals surface area contributed by atoms with Crippen molar-refractivity contribution < 1.29 is 29.2 Å². The lowest BCUT2D eigenvalue weighted by atomic mass is 9.67. The highest BCUT2D eigenvalue weighted by molar-refractivity contribution is 6.06. The number of aliphatic hydroxyl groups is 1. The fourth-order valence-corrected chi connectivity index (χ4v) is 4.00. The molecule has 0 aromatic heterocycles. The van der Waals surface area contributed by atoms with Gasteiger partial charge in [-0.2, -0.15) is 4.89 Å². The van der Waals surface area contributed by atoms with Crippen LogP contribution in [0.5, 0.6) is 0 Å². The van der Waals surface area contributed by atoms with Gasteiger partial charge in [-0.25, -0.2) is 4.89 Å². The molecular weight excluding hydrogens is 362 g/mol. The summed E-state index contributed by atoms with van der Waals surface area (Å²) < 4.78 is 5.19. The summed E-state index contributed by atoms with van der Waals surface area (Å²) in [6, 6.07) is 18.3. The number of β-amino-alcohol motifs (C(OH)–C–C–N with tert-alkyl or cyclic N) is 1. The average Bonchev–Trinajstić information content (AvgIpc) is 3.00. The lowest BCUT2D eigenvalue weighted by Gasteiger charge is -2.48. The molecule has 7 heteroatoms. The number of benzene rings is 2. The lowest BCUT2D eigenvalue weighted by Crippen LogP contribution is -2.64. The quantitative estimate of drug-likeness (QED) is 0.474. The number of rotatable bonds is 4. The summed E-state index contributed by atoms with van der Waals surface area (Å²) in [5.74, 6) is -3.65.